The Balaban J connectivity index is -0.0000000400. The van der Waals surface area contributed by atoms with Gasteiger partial charge in [0.05, 0.1) is 0 Å². The van der Waals surface area contributed by atoms with Crippen molar-refractivity contribution in [3.05, 3.63) is 0 Å². The van der Waals surface area contributed by atoms with Gasteiger partial charge < -0.3 is 15.3 Å². The summed E-state index contributed by atoms with van der Waals surface area (Å²) >= 11 is 0. The summed E-state index contributed by atoms with van der Waals surface area (Å²) < 4.78 is 0. The summed E-state index contributed by atoms with van der Waals surface area (Å²) in [5, 5.41) is 30.3. The van der Waals surface area contributed by atoms with Crippen LogP contribution in [0.25, 0.3) is 0 Å². The molecule has 0 atom stereocenters. The zero-order chi connectivity index (χ0) is 13.5. The summed E-state index contributed by atoms with van der Waals surface area (Å²) in [5.74, 6) is 0. The van der Waals surface area contributed by atoms with Crippen LogP contribution < -0.4 is 15.3 Å². The van der Waals surface area contributed by atoms with Gasteiger partial charge in [-0.15, -0.1) is 16.8 Å². The van der Waals surface area contributed by atoms with E-state index >= 15 is 0 Å². The molecule has 5 heteroatoms. The van der Waals surface area contributed by atoms with Crippen LogP contribution in [0.3, 0.4) is 0 Å². The molecule has 0 saturated carbocycles. The van der Waals surface area contributed by atoms with Gasteiger partial charge in [-0.25, -0.2) is 0 Å². The molecule has 0 unspecified atom stereocenters. The summed E-state index contributed by atoms with van der Waals surface area (Å²) in [6, 6.07) is 0. The molecule has 0 rings (SSSR count). The van der Waals surface area contributed by atoms with Crippen molar-refractivity contribution in [2.45, 2.75) is 79.1 Å². The Labute approximate surface area is 129 Å². The number of hydrogen-bond donors (Lipinski definition) is 0. The topological polar surface area (TPSA) is 69.2 Å². The Kier molecular flexibility index (Phi) is 21.7. The smallest absolute Gasteiger partial charge is 0.850 e. The molecule has 0 aliphatic carbocycles. The second kappa shape index (κ2) is 12.0. The van der Waals surface area contributed by atoms with E-state index in [2.05, 4.69) is 0 Å². The van der Waals surface area contributed by atoms with Gasteiger partial charge in [0, 0.05) is 0 Å². The molecular weight excluding hydrogens is 246 g/mol. The minimum absolute atomic E-state index is 0. The summed E-state index contributed by atoms with van der Waals surface area (Å²) in [6.45, 7) is 14.7. The quantitative estimate of drug-likeness (QED) is 0.568. The average molecular weight is 273 g/mol. The first-order chi connectivity index (χ1) is 6.00. The first-order valence-corrected chi connectivity index (χ1v) is 5.11. The molecule has 0 amide bonds. The van der Waals surface area contributed by atoms with Gasteiger partial charge in [0.1, 0.15) is 0 Å². The van der Waals surface area contributed by atoms with Crippen LogP contribution in [0.15, 0.2) is 0 Å². The van der Waals surface area contributed by atoms with E-state index in [9.17, 15) is 15.3 Å². The normalized spacial score (nSPS) is 10.6. The van der Waals surface area contributed by atoms with Crippen molar-refractivity contribution < 1.29 is 15.3 Å². The Morgan fingerprint density at radius 2 is 0.412 bits per heavy atom. The molecule has 0 aromatic rings. The molecule has 0 N–H and O–H groups in total. The van der Waals surface area contributed by atoms with E-state index in [1.54, 1.807) is 62.3 Å². The van der Waals surface area contributed by atoms with Crippen LogP contribution in [0.1, 0.15) is 62.3 Å². The molecule has 17 heavy (non-hydrogen) atoms. The first kappa shape index (κ1) is 30.7. The second-order valence-corrected chi connectivity index (χ2v) is 6.34. The predicted molar refractivity (Wildman–Crippen MR) is 70.8 cm³/mol. The summed E-state index contributed by atoms with van der Waals surface area (Å²) in [7, 11) is 0. The van der Waals surface area contributed by atoms with Gasteiger partial charge in [-0.3, -0.25) is 0 Å². The van der Waals surface area contributed by atoms with Crippen molar-refractivity contribution in [2.24, 2.45) is 0 Å². The van der Waals surface area contributed by atoms with E-state index in [4.69, 9.17) is 0 Å². The maximum absolute atomic E-state index is 10.1. The van der Waals surface area contributed by atoms with E-state index in [0.29, 0.717) is 0 Å². The van der Waals surface area contributed by atoms with E-state index in [1.165, 1.54) is 0 Å². The standard InChI is InChI=1S/3C4H9O.2Al/c3*1-4(2,3)5;;/h3*1-3H3;;/q3*-1;2*+3. The maximum atomic E-state index is 10.1. The van der Waals surface area contributed by atoms with Crippen molar-refractivity contribution >= 4 is 34.7 Å². The van der Waals surface area contributed by atoms with Crippen molar-refractivity contribution in [1.82, 2.24) is 0 Å². The van der Waals surface area contributed by atoms with Gasteiger partial charge in [0.2, 0.25) is 0 Å². The van der Waals surface area contributed by atoms with Crippen LogP contribution >= 0.6 is 0 Å². The maximum Gasteiger partial charge on any atom is 3.00 e. The van der Waals surface area contributed by atoms with E-state index in [0.717, 1.165) is 0 Å². The zero-order valence-corrected chi connectivity index (χ0v) is 15.2. The first-order valence-electron chi connectivity index (χ1n) is 5.11. The van der Waals surface area contributed by atoms with Crippen molar-refractivity contribution in [2.75, 3.05) is 0 Å². The van der Waals surface area contributed by atoms with Gasteiger partial charge in [-0.2, -0.15) is 0 Å². The van der Waals surface area contributed by atoms with Gasteiger partial charge in [-0.05, 0) is 0 Å². The second-order valence-electron chi connectivity index (χ2n) is 6.34. The Morgan fingerprint density at radius 1 is 0.412 bits per heavy atom. The Bertz CT molecular complexity index is 94.8. The Morgan fingerprint density at radius 3 is 0.412 bits per heavy atom. The third-order valence-electron chi connectivity index (χ3n) is 0. The van der Waals surface area contributed by atoms with Crippen molar-refractivity contribution in [3.8, 4) is 0 Å². The van der Waals surface area contributed by atoms with Gasteiger partial charge >= 0.3 is 34.7 Å². The minimum atomic E-state index is -0.750. The van der Waals surface area contributed by atoms with Crippen LogP contribution in [0.2, 0.25) is 0 Å². The molecule has 0 aliphatic rings. The molecule has 0 heterocycles. The van der Waals surface area contributed by atoms with Crippen LogP contribution in [0, 0.1) is 0 Å². The molecule has 0 aliphatic heterocycles. The van der Waals surface area contributed by atoms with Gasteiger partial charge in [0.15, 0.2) is 0 Å². The largest absolute Gasteiger partial charge is 3.00 e. The third-order valence-corrected chi connectivity index (χ3v) is 0. The summed E-state index contributed by atoms with van der Waals surface area (Å²) in [4.78, 5) is 0. The molecule has 0 aromatic carbocycles. The molecule has 0 saturated heterocycles. The molecule has 0 fully saturated rings. The van der Waals surface area contributed by atoms with Crippen LogP contribution in [0.4, 0.5) is 0 Å². The van der Waals surface area contributed by atoms with E-state index in [-0.39, 0.29) is 34.7 Å². The van der Waals surface area contributed by atoms with Gasteiger partial charge in [-0.1, -0.05) is 62.3 Å². The molecule has 3 nitrogen and oxygen atoms in total. The molecule has 0 bridgehead atoms. The van der Waals surface area contributed by atoms with Crippen LogP contribution in [0.5, 0.6) is 0 Å². The SMILES string of the molecule is CC(C)(C)[O-].CC(C)(C)[O-].CC(C)(C)[O-].[Al+3].[Al+3]. The number of hydrogen-bond acceptors (Lipinski definition) is 3. The molecular formula is C12H27Al2O3+3. The van der Waals surface area contributed by atoms with Crippen molar-refractivity contribution in [1.29, 1.82) is 0 Å². The minimum Gasteiger partial charge on any atom is -0.850 e. The fourth-order valence-electron chi connectivity index (χ4n) is 0. The third kappa shape index (κ3) is 4240. The molecule has 0 aromatic heterocycles. The zero-order valence-electron chi connectivity index (χ0n) is 12.9. The summed E-state index contributed by atoms with van der Waals surface area (Å²) in [5.41, 5.74) is -2.25. The Hall–Kier alpha value is 0.945. The summed E-state index contributed by atoms with van der Waals surface area (Å²) in [6.07, 6.45) is 0. The fraction of sp³-hybridized carbons (Fsp3) is 1.00. The predicted octanol–water partition coefficient (Wildman–Crippen LogP) is -0.326. The average Bonchev–Trinajstić information content (AvgIpc) is 1.41. The van der Waals surface area contributed by atoms with E-state index in [1.807, 2.05) is 0 Å². The monoisotopic (exact) mass is 273 g/mol. The van der Waals surface area contributed by atoms with Gasteiger partial charge in [0.25, 0.3) is 0 Å². The molecule has 96 valence electrons. The number of rotatable bonds is 0. The fourth-order valence-corrected chi connectivity index (χ4v) is 0. The molecule has 0 spiro atoms. The molecule has 0 radical (unpaired) electrons. The van der Waals surface area contributed by atoms with Crippen molar-refractivity contribution in [3.63, 3.8) is 0 Å². The van der Waals surface area contributed by atoms with Crippen LogP contribution in [-0.2, 0) is 0 Å². The van der Waals surface area contributed by atoms with Crippen LogP contribution in [-0.4, -0.2) is 51.5 Å². The van der Waals surface area contributed by atoms with E-state index < -0.39 is 16.8 Å².